The van der Waals surface area contributed by atoms with Crippen LogP contribution < -0.4 is 4.72 Å². The lowest BCUT2D eigenvalue weighted by molar-refractivity contribution is 0.132. The summed E-state index contributed by atoms with van der Waals surface area (Å²) in [5.74, 6) is 0. The van der Waals surface area contributed by atoms with E-state index in [1.54, 1.807) is 32.2 Å². The van der Waals surface area contributed by atoms with Gasteiger partial charge in [-0.1, -0.05) is 6.07 Å². The van der Waals surface area contributed by atoms with Gasteiger partial charge in [0.2, 0.25) is 0 Å². The molecule has 9 heteroatoms. The number of aryl methyl sites for hydroxylation is 1. The van der Waals surface area contributed by atoms with Crippen LogP contribution in [0.2, 0.25) is 0 Å². The molecule has 0 saturated heterocycles. The van der Waals surface area contributed by atoms with Gasteiger partial charge in [-0.2, -0.15) is 10.4 Å². The number of nitrogens with one attached hydrogen (secondary N) is 2. The molecule has 1 aromatic carbocycles. The highest BCUT2D eigenvalue weighted by molar-refractivity contribution is 7.92. The topological polar surface area (TPSA) is 124 Å². The van der Waals surface area contributed by atoms with Crippen molar-refractivity contribution in [3.05, 3.63) is 41.9 Å². The molecule has 3 aromatic rings. The molecule has 8 nitrogen and oxygen atoms in total. The van der Waals surface area contributed by atoms with Crippen molar-refractivity contribution in [3.63, 3.8) is 0 Å². The Labute approximate surface area is 151 Å². The maximum absolute atomic E-state index is 12.7. The van der Waals surface area contributed by atoms with Crippen LogP contribution in [0.1, 0.15) is 31.0 Å². The molecule has 2 aromatic heterocycles. The third kappa shape index (κ3) is 3.05. The second-order valence-electron chi connectivity index (χ2n) is 6.24. The quantitative estimate of drug-likeness (QED) is 0.633. The number of anilines is 1. The maximum Gasteiger partial charge on any atom is 0.265 e. The number of hydrogen-bond acceptors (Lipinski definition) is 5. The number of fused-ring (bicyclic) bond motifs is 1. The van der Waals surface area contributed by atoms with Gasteiger partial charge in [-0.15, -0.1) is 0 Å². The van der Waals surface area contributed by atoms with E-state index >= 15 is 0 Å². The molecule has 0 aliphatic heterocycles. The Hall–Kier alpha value is -2.83. The monoisotopic (exact) mass is 373 g/mol. The fourth-order valence-electron chi connectivity index (χ4n) is 2.70. The molecule has 0 amide bonds. The van der Waals surface area contributed by atoms with Gasteiger partial charge in [0.1, 0.15) is 11.0 Å². The number of benzene rings is 1. The first kappa shape index (κ1) is 18.0. The van der Waals surface area contributed by atoms with Crippen molar-refractivity contribution in [2.75, 3.05) is 4.72 Å². The summed E-state index contributed by atoms with van der Waals surface area (Å²) in [7, 11) is -3.87. The Morgan fingerprint density at radius 1 is 1.38 bits per heavy atom. The van der Waals surface area contributed by atoms with E-state index in [4.69, 9.17) is 0 Å². The average molecular weight is 373 g/mol. The van der Waals surface area contributed by atoms with Crippen LogP contribution in [-0.2, 0) is 10.0 Å². The predicted molar refractivity (Wildman–Crippen MR) is 97.2 cm³/mol. The van der Waals surface area contributed by atoms with Crippen LogP contribution in [0.25, 0.3) is 10.9 Å². The summed E-state index contributed by atoms with van der Waals surface area (Å²) >= 11 is 0. The minimum absolute atomic E-state index is 0.00853. The van der Waals surface area contributed by atoms with Gasteiger partial charge in [-0.25, -0.2) is 8.42 Å². The van der Waals surface area contributed by atoms with Crippen LogP contribution in [0.15, 0.2) is 35.6 Å². The van der Waals surface area contributed by atoms with Crippen LogP contribution in [0.5, 0.6) is 0 Å². The van der Waals surface area contributed by atoms with Crippen molar-refractivity contribution in [2.45, 2.75) is 37.8 Å². The van der Waals surface area contributed by atoms with Gasteiger partial charge in [-0.05, 0) is 32.4 Å². The second-order valence-corrected chi connectivity index (χ2v) is 7.92. The number of aliphatic hydroxyl groups excluding tert-OH is 1. The summed E-state index contributed by atoms with van der Waals surface area (Å²) in [6, 6.07) is 5.14. The molecule has 0 aliphatic rings. The first-order chi connectivity index (χ1) is 12.2. The lowest BCUT2D eigenvalue weighted by Gasteiger charge is -2.14. The Morgan fingerprint density at radius 2 is 2.12 bits per heavy atom. The zero-order chi connectivity index (χ0) is 19.1. The van der Waals surface area contributed by atoms with Gasteiger partial charge in [0.15, 0.2) is 0 Å². The number of aromatic nitrogens is 3. The lowest BCUT2D eigenvalue weighted by Crippen LogP contribution is -2.18. The number of rotatable bonds is 5. The first-order valence-electron chi connectivity index (χ1n) is 8.00. The van der Waals surface area contributed by atoms with Gasteiger partial charge >= 0.3 is 0 Å². The largest absolute Gasteiger partial charge is 0.391 e. The third-order valence-corrected chi connectivity index (χ3v) is 5.73. The molecule has 0 spiro atoms. The number of hydrogen-bond donors (Lipinski definition) is 3. The molecule has 0 saturated carbocycles. The van der Waals surface area contributed by atoms with E-state index in [1.807, 2.05) is 6.92 Å². The van der Waals surface area contributed by atoms with Crippen LogP contribution in [0.4, 0.5) is 5.69 Å². The lowest BCUT2D eigenvalue weighted by atomic mass is 10.1. The number of sulfonamides is 1. The van der Waals surface area contributed by atoms with Crippen LogP contribution in [0.3, 0.4) is 0 Å². The highest BCUT2D eigenvalue weighted by Gasteiger charge is 2.21. The Kier molecular flexibility index (Phi) is 4.48. The highest BCUT2D eigenvalue weighted by atomic mass is 32.2. The van der Waals surface area contributed by atoms with E-state index < -0.39 is 16.1 Å². The number of nitriles is 1. The van der Waals surface area contributed by atoms with Crippen molar-refractivity contribution in [1.29, 1.82) is 5.26 Å². The first-order valence-corrected chi connectivity index (χ1v) is 9.48. The SMILES string of the molecule is Cc1ccc(NS(=O)(=O)c2cnn([C@H](C)[C@@H](C)O)c2)c2[nH]cc(C#N)c12. The number of nitrogens with zero attached hydrogens (tertiary/aromatic N) is 3. The fourth-order valence-corrected chi connectivity index (χ4v) is 3.71. The Bertz CT molecular complexity index is 1110. The smallest absolute Gasteiger partial charge is 0.265 e. The van der Waals surface area contributed by atoms with E-state index in [2.05, 4.69) is 20.9 Å². The standard InChI is InChI=1S/C17H19N5O3S/c1-10-4-5-15(17-16(10)13(6-18)7-19-17)21-26(24,25)14-8-20-22(9-14)11(2)12(3)23/h4-5,7-9,11-12,19,21,23H,1-3H3/t11-,12-/m1/s1. The maximum atomic E-state index is 12.7. The predicted octanol–water partition coefficient (Wildman–Crippen LogP) is 2.29. The fraction of sp³-hybridized carbons (Fsp3) is 0.294. The van der Waals surface area contributed by atoms with Gasteiger partial charge in [0, 0.05) is 17.8 Å². The van der Waals surface area contributed by atoms with Gasteiger partial charge < -0.3 is 10.1 Å². The molecule has 0 fully saturated rings. The zero-order valence-electron chi connectivity index (χ0n) is 14.6. The molecule has 0 aliphatic carbocycles. The molecule has 26 heavy (non-hydrogen) atoms. The number of H-pyrrole nitrogens is 1. The van der Waals surface area contributed by atoms with Crippen LogP contribution in [-0.4, -0.2) is 34.4 Å². The van der Waals surface area contributed by atoms with Crippen LogP contribution in [0, 0.1) is 18.3 Å². The van der Waals surface area contributed by atoms with Crippen molar-refractivity contribution in [2.24, 2.45) is 0 Å². The molecule has 3 rings (SSSR count). The summed E-state index contributed by atoms with van der Waals surface area (Å²) in [5.41, 5.74) is 2.23. The zero-order valence-corrected chi connectivity index (χ0v) is 15.4. The van der Waals surface area contributed by atoms with Crippen LogP contribution >= 0.6 is 0 Å². The van der Waals surface area contributed by atoms with E-state index in [0.717, 1.165) is 5.56 Å². The van der Waals surface area contributed by atoms with Crippen molar-refractivity contribution in [1.82, 2.24) is 14.8 Å². The van der Waals surface area contributed by atoms with Gasteiger partial charge in [0.25, 0.3) is 10.0 Å². The molecule has 0 radical (unpaired) electrons. The summed E-state index contributed by atoms with van der Waals surface area (Å²) in [4.78, 5) is 2.95. The Balaban J connectivity index is 1.99. The minimum Gasteiger partial charge on any atom is -0.391 e. The summed E-state index contributed by atoms with van der Waals surface area (Å²) < 4.78 is 29.4. The summed E-state index contributed by atoms with van der Waals surface area (Å²) in [6.07, 6.45) is 3.50. The molecular weight excluding hydrogens is 354 g/mol. The van der Waals surface area contributed by atoms with Gasteiger partial charge in [-0.3, -0.25) is 9.40 Å². The van der Waals surface area contributed by atoms with E-state index in [-0.39, 0.29) is 10.9 Å². The number of aliphatic hydroxyl groups is 1. The average Bonchev–Trinajstić information content (AvgIpc) is 3.24. The Morgan fingerprint density at radius 3 is 2.77 bits per heavy atom. The molecule has 0 unspecified atom stereocenters. The number of aromatic amines is 1. The second kappa shape index (κ2) is 6.48. The molecule has 0 bridgehead atoms. The summed E-state index contributed by atoms with van der Waals surface area (Å²) in [6.45, 7) is 5.21. The van der Waals surface area contributed by atoms with E-state index in [1.165, 1.54) is 17.1 Å². The van der Waals surface area contributed by atoms with Crippen molar-refractivity contribution in [3.8, 4) is 6.07 Å². The van der Waals surface area contributed by atoms with Crippen molar-refractivity contribution >= 4 is 26.6 Å². The molecule has 3 N–H and O–H groups in total. The van der Waals surface area contributed by atoms with Gasteiger partial charge in [0.05, 0.1) is 35.1 Å². The van der Waals surface area contributed by atoms with E-state index in [9.17, 15) is 18.8 Å². The molecule has 2 atom stereocenters. The third-order valence-electron chi connectivity index (χ3n) is 4.41. The van der Waals surface area contributed by atoms with E-state index in [0.29, 0.717) is 22.2 Å². The van der Waals surface area contributed by atoms with Crippen molar-refractivity contribution < 1.29 is 13.5 Å². The molecule has 2 heterocycles. The molecular formula is C17H19N5O3S. The summed E-state index contributed by atoms with van der Waals surface area (Å²) in [5, 5.41) is 23.6. The normalized spacial score (nSPS) is 14.1. The highest BCUT2D eigenvalue weighted by Crippen LogP contribution is 2.30. The minimum atomic E-state index is -3.87. The molecule has 136 valence electrons.